The predicted molar refractivity (Wildman–Crippen MR) is 74.1 cm³/mol. The SMILES string of the molecule is Cc1ccc(NC(C)c2ccc([N+](=O)[O-])cc2)cn1. The van der Waals surface area contributed by atoms with Crippen molar-refractivity contribution >= 4 is 11.4 Å². The molecule has 1 atom stereocenters. The topological polar surface area (TPSA) is 68.1 Å². The summed E-state index contributed by atoms with van der Waals surface area (Å²) in [6.45, 7) is 3.94. The lowest BCUT2D eigenvalue weighted by atomic mass is 10.1. The van der Waals surface area contributed by atoms with E-state index in [0.717, 1.165) is 16.9 Å². The zero-order chi connectivity index (χ0) is 13.8. The van der Waals surface area contributed by atoms with Gasteiger partial charge in [0.2, 0.25) is 0 Å². The lowest BCUT2D eigenvalue weighted by Crippen LogP contribution is -2.06. The monoisotopic (exact) mass is 257 g/mol. The van der Waals surface area contributed by atoms with Crippen LogP contribution in [0.15, 0.2) is 42.6 Å². The van der Waals surface area contributed by atoms with Gasteiger partial charge in [-0.25, -0.2) is 0 Å². The molecule has 0 amide bonds. The molecule has 5 heteroatoms. The smallest absolute Gasteiger partial charge is 0.269 e. The van der Waals surface area contributed by atoms with Gasteiger partial charge >= 0.3 is 0 Å². The molecule has 0 spiro atoms. The summed E-state index contributed by atoms with van der Waals surface area (Å²) in [5.41, 5.74) is 2.99. The van der Waals surface area contributed by atoms with E-state index in [4.69, 9.17) is 0 Å². The largest absolute Gasteiger partial charge is 0.377 e. The van der Waals surface area contributed by atoms with Crippen molar-refractivity contribution in [2.45, 2.75) is 19.9 Å². The fraction of sp³-hybridized carbons (Fsp3) is 0.214. The molecular weight excluding hydrogens is 242 g/mol. The standard InChI is InChI=1S/C14H15N3O2/c1-10-3-6-13(9-15-10)16-11(2)12-4-7-14(8-5-12)17(18)19/h3-9,11,16H,1-2H3. The second-order valence-electron chi connectivity index (χ2n) is 4.40. The third kappa shape index (κ3) is 3.28. The molecule has 0 saturated heterocycles. The van der Waals surface area contributed by atoms with Gasteiger partial charge in [-0.2, -0.15) is 0 Å². The van der Waals surface area contributed by atoms with Crippen LogP contribution < -0.4 is 5.32 Å². The van der Waals surface area contributed by atoms with Gasteiger partial charge in [-0.3, -0.25) is 15.1 Å². The van der Waals surface area contributed by atoms with E-state index in [1.165, 1.54) is 12.1 Å². The average molecular weight is 257 g/mol. The Morgan fingerprint density at radius 2 is 1.89 bits per heavy atom. The van der Waals surface area contributed by atoms with Crippen molar-refractivity contribution in [3.63, 3.8) is 0 Å². The highest BCUT2D eigenvalue weighted by molar-refractivity contribution is 5.44. The molecular formula is C14H15N3O2. The van der Waals surface area contributed by atoms with E-state index in [1.807, 2.05) is 26.0 Å². The molecule has 1 heterocycles. The van der Waals surface area contributed by atoms with Crippen LogP contribution in [0.3, 0.4) is 0 Å². The summed E-state index contributed by atoms with van der Waals surface area (Å²) in [6, 6.07) is 10.5. The zero-order valence-corrected chi connectivity index (χ0v) is 10.8. The lowest BCUT2D eigenvalue weighted by molar-refractivity contribution is -0.384. The predicted octanol–water partition coefficient (Wildman–Crippen LogP) is 3.47. The average Bonchev–Trinajstić information content (AvgIpc) is 2.41. The van der Waals surface area contributed by atoms with Crippen molar-refractivity contribution in [3.05, 3.63) is 64.0 Å². The molecule has 1 unspecified atom stereocenters. The van der Waals surface area contributed by atoms with Gasteiger partial charge in [-0.05, 0) is 31.5 Å². The molecule has 2 rings (SSSR count). The van der Waals surface area contributed by atoms with Crippen LogP contribution in [-0.2, 0) is 0 Å². The molecule has 0 aliphatic rings. The molecule has 0 radical (unpaired) electrons. The van der Waals surface area contributed by atoms with Crippen LogP contribution in [0, 0.1) is 17.0 Å². The number of anilines is 1. The summed E-state index contributed by atoms with van der Waals surface area (Å²) < 4.78 is 0. The molecule has 0 saturated carbocycles. The van der Waals surface area contributed by atoms with Crippen molar-refractivity contribution in [1.29, 1.82) is 0 Å². The first-order chi connectivity index (χ1) is 9.06. The Labute approximate surface area is 111 Å². The summed E-state index contributed by atoms with van der Waals surface area (Å²) in [6.07, 6.45) is 1.78. The van der Waals surface area contributed by atoms with Crippen LogP contribution in [0.1, 0.15) is 24.2 Å². The van der Waals surface area contributed by atoms with Crippen LogP contribution in [0.2, 0.25) is 0 Å². The van der Waals surface area contributed by atoms with Gasteiger partial charge in [-0.15, -0.1) is 0 Å². The first-order valence-electron chi connectivity index (χ1n) is 6.00. The van der Waals surface area contributed by atoms with Gasteiger partial charge in [0, 0.05) is 23.9 Å². The van der Waals surface area contributed by atoms with Gasteiger partial charge in [0.25, 0.3) is 5.69 Å². The van der Waals surface area contributed by atoms with Crippen LogP contribution in [0.5, 0.6) is 0 Å². The molecule has 0 fully saturated rings. The Hall–Kier alpha value is -2.43. The Kier molecular flexibility index (Phi) is 3.75. The third-order valence-electron chi connectivity index (χ3n) is 2.90. The van der Waals surface area contributed by atoms with E-state index >= 15 is 0 Å². The highest BCUT2D eigenvalue weighted by Gasteiger charge is 2.08. The maximum atomic E-state index is 10.6. The maximum absolute atomic E-state index is 10.6. The van der Waals surface area contributed by atoms with Crippen LogP contribution >= 0.6 is 0 Å². The minimum Gasteiger partial charge on any atom is -0.377 e. The number of nitrogens with one attached hydrogen (secondary N) is 1. The van der Waals surface area contributed by atoms with Gasteiger partial charge in [0.1, 0.15) is 0 Å². The minimum atomic E-state index is -0.397. The fourth-order valence-corrected chi connectivity index (χ4v) is 1.77. The van der Waals surface area contributed by atoms with Crippen molar-refractivity contribution in [2.75, 3.05) is 5.32 Å². The number of aromatic nitrogens is 1. The maximum Gasteiger partial charge on any atom is 0.269 e. The molecule has 5 nitrogen and oxygen atoms in total. The Bertz CT molecular complexity index is 564. The Morgan fingerprint density at radius 3 is 2.42 bits per heavy atom. The summed E-state index contributed by atoms with van der Waals surface area (Å²) in [5.74, 6) is 0. The van der Waals surface area contributed by atoms with Gasteiger partial charge in [0.15, 0.2) is 0 Å². The lowest BCUT2D eigenvalue weighted by Gasteiger charge is -2.15. The van der Waals surface area contributed by atoms with Gasteiger partial charge in [-0.1, -0.05) is 12.1 Å². The van der Waals surface area contributed by atoms with E-state index < -0.39 is 4.92 Å². The third-order valence-corrected chi connectivity index (χ3v) is 2.90. The normalized spacial score (nSPS) is 11.9. The fourth-order valence-electron chi connectivity index (χ4n) is 1.77. The number of aryl methyl sites for hydroxylation is 1. The Morgan fingerprint density at radius 1 is 1.21 bits per heavy atom. The van der Waals surface area contributed by atoms with Crippen LogP contribution in [-0.4, -0.2) is 9.91 Å². The molecule has 2 aromatic rings. The summed E-state index contributed by atoms with van der Waals surface area (Å²) in [5, 5.41) is 13.9. The number of nitro benzene ring substituents is 1. The first kappa shape index (κ1) is 13.0. The number of pyridine rings is 1. The first-order valence-corrected chi connectivity index (χ1v) is 6.00. The highest BCUT2D eigenvalue weighted by Crippen LogP contribution is 2.21. The summed E-state index contributed by atoms with van der Waals surface area (Å²) in [4.78, 5) is 14.4. The number of rotatable bonds is 4. The van der Waals surface area contributed by atoms with Crippen LogP contribution in [0.4, 0.5) is 11.4 Å². The summed E-state index contributed by atoms with van der Waals surface area (Å²) >= 11 is 0. The van der Waals surface area contributed by atoms with E-state index in [9.17, 15) is 10.1 Å². The second kappa shape index (κ2) is 5.48. The molecule has 1 N–H and O–H groups in total. The molecule has 19 heavy (non-hydrogen) atoms. The van der Waals surface area contributed by atoms with Gasteiger partial charge < -0.3 is 5.32 Å². The zero-order valence-electron chi connectivity index (χ0n) is 10.8. The highest BCUT2D eigenvalue weighted by atomic mass is 16.6. The van der Waals surface area contributed by atoms with E-state index in [1.54, 1.807) is 18.3 Å². The van der Waals surface area contributed by atoms with E-state index in [-0.39, 0.29) is 11.7 Å². The van der Waals surface area contributed by atoms with Crippen LogP contribution in [0.25, 0.3) is 0 Å². The molecule has 0 bridgehead atoms. The quantitative estimate of drug-likeness (QED) is 0.672. The number of benzene rings is 1. The van der Waals surface area contributed by atoms with Crippen molar-refractivity contribution in [2.24, 2.45) is 0 Å². The number of nitro groups is 1. The molecule has 0 aliphatic heterocycles. The Balaban J connectivity index is 2.09. The summed E-state index contributed by atoms with van der Waals surface area (Å²) in [7, 11) is 0. The van der Waals surface area contributed by atoms with Crippen molar-refractivity contribution in [1.82, 2.24) is 4.98 Å². The van der Waals surface area contributed by atoms with Gasteiger partial charge in [0.05, 0.1) is 16.8 Å². The number of non-ortho nitro benzene ring substituents is 1. The number of hydrogen-bond acceptors (Lipinski definition) is 4. The number of nitrogens with zero attached hydrogens (tertiary/aromatic N) is 2. The van der Waals surface area contributed by atoms with E-state index in [0.29, 0.717) is 0 Å². The molecule has 1 aromatic carbocycles. The van der Waals surface area contributed by atoms with Crippen molar-refractivity contribution in [3.8, 4) is 0 Å². The number of hydrogen-bond donors (Lipinski definition) is 1. The van der Waals surface area contributed by atoms with Crippen molar-refractivity contribution < 1.29 is 4.92 Å². The molecule has 0 aliphatic carbocycles. The minimum absolute atomic E-state index is 0.0605. The molecule has 98 valence electrons. The second-order valence-corrected chi connectivity index (χ2v) is 4.40. The molecule has 1 aromatic heterocycles. The van der Waals surface area contributed by atoms with E-state index in [2.05, 4.69) is 10.3 Å².